The maximum Gasteiger partial charge on any atom is 0.329 e. The van der Waals surface area contributed by atoms with E-state index < -0.39 is 11.5 Å². The lowest BCUT2D eigenvalue weighted by molar-refractivity contribution is -0.152. The Morgan fingerprint density at radius 3 is 2.77 bits per heavy atom. The molecular weight excluding hydrogens is 288 g/mol. The second-order valence-corrected chi connectivity index (χ2v) is 5.28. The number of pyridine rings is 1. The Morgan fingerprint density at radius 1 is 1.41 bits per heavy atom. The van der Waals surface area contributed by atoms with Crippen LogP contribution in [0.4, 0.5) is 0 Å². The van der Waals surface area contributed by atoms with E-state index in [1.165, 1.54) is 0 Å². The Labute approximate surface area is 128 Å². The molecule has 2 N–H and O–H groups in total. The first-order valence-electron chi connectivity index (χ1n) is 7.16. The SMILES string of the molecule is COc1cncc(CCC(=O)NC2(C(=O)O)CCOCC2)c1. The molecule has 0 aliphatic carbocycles. The molecule has 22 heavy (non-hydrogen) atoms. The average Bonchev–Trinajstić information content (AvgIpc) is 2.54. The van der Waals surface area contributed by atoms with E-state index in [-0.39, 0.29) is 25.2 Å². The lowest BCUT2D eigenvalue weighted by atomic mass is 9.90. The molecule has 0 aromatic carbocycles. The first-order valence-corrected chi connectivity index (χ1v) is 7.16. The van der Waals surface area contributed by atoms with Gasteiger partial charge in [0.05, 0.1) is 13.3 Å². The number of carboxylic acids is 1. The van der Waals surface area contributed by atoms with Gasteiger partial charge in [-0.2, -0.15) is 0 Å². The van der Waals surface area contributed by atoms with Crippen LogP contribution in [-0.4, -0.2) is 47.8 Å². The van der Waals surface area contributed by atoms with Crippen molar-refractivity contribution >= 4 is 11.9 Å². The minimum Gasteiger partial charge on any atom is -0.495 e. The Balaban J connectivity index is 1.92. The van der Waals surface area contributed by atoms with Crippen molar-refractivity contribution in [2.45, 2.75) is 31.2 Å². The number of carbonyl (C=O) groups excluding carboxylic acids is 1. The number of nitrogens with one attached hydrogen (secondary N) is 1. The summed E-state index contributed by atoms with van der Waals surface area (Å²) in [5.41, 5.74) is -0.340. The standard InChI is InChI=1S/C15H20N2O5/c1-21-12-8-11(9-16-10-12)2-3-13(18)17-15(14(19)20)4-6-22-7-5-15/h8-10H,2-7H2,1H3,(H,17,18)(H,19,20). The van der Waals surface area contributed by atoms with Gasteiger partial charge in [0.2, 0.25) is 5.91 Å². The van der Waals surface area contributed by atoms with Gasteiger partial charge in [0, 0.05) is 38.7 Å². The molecule has 7 heteroatoms. The molecular formula is C15H20N2O5. The van der Waals surface area contributed by atoms with Crippen molar-refractivity contribution in [1.82, 2.24) is 10.3 Å². The molecule has 1 aliphatic heterocycles. The summed E-state index contributed by atoms with van der Waals surface area (Å²) in [5.74, 6) is -0.663. The molecule has 1 aromatic rings. The van der Waals surface area contributed by atoms with Crippen LogP contribution in [0.25, 0.3) is 0 Å². The number of aromatic nitrogens is 1. The van der Waals surface area contributed by atoms with E-state index in [1.807, 2.05) is 6.07 Å². The number of nitrogens with zero attached hydrogens (tertiary/aromatic N) is 1. The molecule has 7 nitrogen and oxygen atoms in total. The predicted octanol–water partition coefficient (Wildman–Crippen LogP) is 0.773. The fraction of sp³-hybridized carbons (Fsp3) is 0.533. The van der Waals surface area contributed by atoms with Gasteiger partial charge in [-0.05, 0) is 18.1 Å². The van der Waals surface area contributed by atoms with Crippen LogP contribution in [0.3, 0.4) is 0 Å². The summed E-state index contributed by atoms with van der Waals surface area (Å²) in [4.78, 5) is 27.6. The maximum atomic E-state index is 12.1. The van der Waals surface area contributed by atoms with Crippen molar-refractivity contribution in [2.75, 3.05) is 20.3 Å². The molecule has 0 radical (unpaired) electrons. The summed E-state index contributed by atoms with van der Waals surface area (Å²) in [6.45, 7) is 0.679. The third kappa shape index (κ3) is 3.94. The fourth-order valence-electron chi connectivity index (χ4n) is 2.41. The number of methoxy groups -OCH3 is 1. The Bertz CT molecular complexity index is 540. The molecule has 0 spiro atoms. The van der Waals surface area contributed by atoms with Crippen LogP contribution >= 0.6 is 0 Å². The zero-order chi connectivity index (χ0) is 16.0. The van der Waals surface area contributed by atoms with Crippen molar-refractivity contribution in [3.63, 3.8) is 0 Å². The minimum absolute atomic E-state index is 0.199. The van der Waals surface area contributed by atoms with E-state index in [0.717, 1.165) is 5.56 Å². The van der Waals surface area contributed by atoms with Gasteiger partial charge >= 0.3 is 5.97 Å². The quantitative estimate of drug-likeness (QED) is 0.805. The highest BCUT2D eigenvalue weighted by molar-refractivity contribution is 5.87. The Kier molecular flexibility index (Phi) is 5.32. The second-order valence-electron chi connectivity index (χ2n) is 5.28. The van der Waals surface area contributed by atoms with Crippen LogP contribution in [0, 0.1) is 0 Å². The summed E-state index contributed by atoms with van der Waals surface area (Å²) >= 11 is 0. The highest BCUT2D eigenvalue weighted by Gasteiger charge is 2.41. The van der Waals surface area contributed by atoms with Gasteiger partial charge in [0.15, 0.2) is 0 Å². The second kappa shape index (κ2) is 7.22. The maximum absolute atomic E-state index is 12.1. The van der Waals surface area contributed by atoms with E-state index in [4.69, 9.17) is 9.47 Å². The molecule has 2 heterocycles. The number of aryl methyl sites for hydroxylation is 1. The van der Waals surface area contributed by atoms with Crippen LogP contribution in [-0.2, 0) is 20.7 Å². The molecule has 1 fully saturated rings. The van der Waals surface area contributed by atoms with Crippen LogP contribution in [0.15, 0.2) is 18.5 Å². The number of carbonyl (C=O) groups is 2. The first-order chi connectivity index (χ1) is 10.6. The summed E-state index contributed by atoms with van der Waals surface area (Å²) in [5, 5.41) is 12.1. The summed E-state index contributed by atoms with van der Waals surface area (Å²) < 4.78 is 10.3. The third-order valence-corrected chi connectivity index (χ3v) is 3.78. The number of amides is 1. The van der Waals surface area contributed by atoms with Gasteiger partial charge in [-0.1, -0.05) is 0 Å². The number of ether oxygens (including phenoxy) is 2. The van der Waals surface area contributed by atoms with E-state index in [0.29, 0.717) is 25.4 Å². The molecule has 1 aromatic heterocycles. The molecule has 120 valence electrons. The Morgan fingerprint density at radius 2 is 2.14 bits per heavy atom. The molecule has 1 aliphatic rings. The molecule has 1 saturated heterocycles. The lowest BCUT2D eigenvalue weighted by Crippen LogP contribution is -2.57. The zero-order valence-electron chi connectivity index (χ0n) is 12.5. The normalized spacial score (nSPS) is 16.8. The van der Waals surface area contributed by atoms with E-state index >= 15 is 0 Å². The molecule has 0 bridgehead atoms. The minimum atomic E-state index is -1.21. The lowest BCUT2D eigenvalue weighted by Gasteiger charge is -2.33. The Hall–Kier alpha value is -2.15. The summed E-state index contributed by atoms with van der Waals surface area (Å²) in [7, 11) is 1.55. The van der Waals surface area contributed by atoms with Gasteiger partial charge in [0.1, 0.15) is 11.3 Å². The third-order valence-electron chi connectivity index (χ3n) is 3.78. The topological polar surface area (TPSA) is 97.8 Å². The van der Waals surface area contributed by atoms with Gasteiger partial charge in [-0.3, -0.25) is 9.78 Å². The van der Waals surface area contributed by atoms with E-state index in [2.05, 4.69) is 10.3 Å². The summed E-state index contributed by atoms with van der Waals surface area (Å²) in [6, 6.07) is 1.81. The van der Waals surface area contributed by atoms with Gasteiger partial charge in [-0.15, -0.1) is 0 Å². The zero-order valence-corrected chi connectivity index (χ0v) is 12.5. The van der Waals surface area contributed by atoms with Gasteiger partial charge in [-0.25, -0.2) is 4.79 Å². The van der Waals surface area contributed by atoms with Crippen molar-refractivity contribution in [3.8, 4) is 5.75 Å². The van der Waals surface area contributed by atoms with Crippen molar-refractivity contribution < 1.29 is 24.2 Å². The monoisotopic (exact) mass is 308 g/mol. The highest BCUT2D eigenvalue weighted by Crippen LogP contribution is 2.21. The highest BCUT2D eigenvalue weighted by atomic mass is 16.5. The van der Waals surface area contributed by atoms with E-state index in [1.54, 1.807) is 19.5 Å². The van der Waals surface area contributed by atoms with Gasteiger partial charge in [0.25, 0.3) is 0 Å². The van der Waals surface area contributed by atoms with E-state index in [9.17, 15) is 14.7 Å². The predicted molar refractivity (Wildman–Crippen MR) is 77.7 cm³/mol. The molecule has 0 saturated carbocycles. The number of hydrogen-bond acceptors (Lipinski definition) is 5. The van der Waals surface area contributed by atoms with Crippen molar-refractivity contribution in [1.29, 1.82) is 0 Å². The number of carboxylic acid groups (broad SMARTS) is 1. The van der Waals surface area contributed by atoms with Crippen molar-refractivity contribution in [3.05, 3.63) is 24.0 Å². The first kappa shape index (κ1) is 16.2. The molecule has 0 unspecified atom stereocenters. The van der Waals surface area contributed by atoms with Crippen LogP contribution in [0.5, 0.6) is 5.75 Å². The average molecular weight is 308 g/mol. The molecule has 0 atom stereocenters. The largest absolute Gasteiger partial charge is 0.495 e. The fourth-order valence-corrected chi connectivity index (χ4v) is 2.41. The van der Waals surface area contributed by atoms with Crippen LogP contribution in [0.2, 0.25) is 0 Å². The van der Waals surface area contributed by atoms with Crippen molar-refractivity contribution in [2.24, 2.45) is 0 Å². The number of hydrogen-bond donors (Lipinski definition) is 2. The molecule has 2 rings (SSSR count). The number of aliphatic carboxylic acids is 1. The number of rotatable bonds is 6. The smallest absolute Gasteiger partial charge is 0.329 e. The summed E-state index contributed by atoms with van der Waals surface area (Å²) in [6.07, 6.45) is 4.50. The van der Waals surface area contributed by atoms with Gasteiger partial charge < -0.3 is 19.9 Å². The molecule has 1 amide bonds. The van der Waals surface area contributed by atoms with Crippen LogP contribution < -0.4 is 10.1 Å². The van der Waals surface area contributed by atoms with Crippen LogP contribution in [0.1, 0.15) is 24.8 Å².